The van der Waals surface area contributed by atoms with E-state index in [1.54, 1.807) is 50.6 Å². The molecule has 0 saturated carbocycles. The number of hydrogen-bond acceptors (Lipinski definition) is 6. The average Bonchev–Trinajstić information content (AvgIpc) is 3.14. The van der Waals surface area contributed by atoms with E-state index in [9.17, 15) is 14.4 Å². The molecular formula is C27H26N2O6. The van der Waals surface area contributed by atoms with Gasteiger partial charge in [-0.15, -0.1) is 0 Å². The number of benzene rings is 3. The minimum Gasteiger partial charge on any atom is -0.497 e. The number of ether oxygens (including phenoxy) is 3. The predicted octanol–water partition coefficient (Wildman–Crippen LogP) is 3.88. The van der Waals surface area contributed by atoms with Crippen LogP contribution < -0.4 is 24.4 Å². The van der Waals surface area contributed by atoms with Crippen molar-refractivity contribution in [1.29, 1.82) is 0 Å². The summed E-state index contributed by atoms with van der Waals surface area (Å²) in [5, 5.41) is 2.86. The number of carbonyl (C=O) groups excluding carboxylic acids is 3. The third-order valence-corrected chi connectivity index (χ3v) is 5.73. The van der Waals surface area contributed by atoms with Crippen LogP contribution in [0, 0.1) is 0 Å². The Morgan fingerprint density at radius 3 is 2.26 bits per heavy atom. The van der Waals surface area contributed by atoms with Gasteiger partial charge in [0.1, 0.15) is 17.2 Å². The Morgan fingerprint density at radius 2 is 1.57 bits per heavy atom. The van der Waals surface area contributed by atoms with Crippen molar-refractivity contribution in [2.75, 3.05) is 32.3 Å². The topological polar surface area (TPSA) is 94.2 Å². The van der Waals surface area contributed by atoms with E-state index in [0.717, 1.165) is 10.5 Å². The molecule has 0 radical (unpaired) electrons. The molecule has 0 unspecified atom stereocenters. The lowest BCUT2D eigenvalue weighted by atomic mass is 10.1. The monoisotopic (exact) mass is 474 g/mol. The second-order valence-electron chi connectivity index (χ2n) is 7.82. The van der Waals surface area contributed by atoms with E-state index >= 15 is 0 Å². The fourth-order valence-corrected chi connectivity index (χ4v) is 3.95. The maximum Gasteiger partial charge on any atom is 0.266 e. The van der Waals surface area contributed by atoms with Gasteiger partial charge in [0.25, 0.3) is 17.7 Å². The molecule has 3 aromatic rings. The van der Waals surface area contributed by atoms with Crippen LogP contribution in [0.4, 0.5) is 5.69 Å². The fourth-order valence-electron chi connectivity index (χ4n) is 3.95. The molecule has 180 valence electrons. The molecular weight excluding hydrogens is 448 g/mol. The summed E-state index contributed by atoms with van der Waals surface area (Å²) in [6.45, 7) is 2.76. The van der Waals surface area contributed by atoms with Crippen molar-refractivity contribution in [3.05, 3.63) is 82.9 Å². The first-order valence-corrected chi connectivity index (χ1v) is 11.2. The van der Waals surface area contributed by atoms with Crippen LogP contribution in [0.3, 0.4) is 0 Å². The van der Waals surface area contributed by atoms with E-state index in [1.165, 1.54) is 12.1 Å². The lowest BCUT2D eigenvalue weighted by Crippen LogP contribution is -2.29. The van der Waals surface area contributed by atoms with Crippen LogP contribution >= 0.6 is 0 Å². The van der Waals surface area contributed by atoms with Crippen LogP contribution in [0.25, 0.3) is 0 Å². The molecule has 4 rings (SSSR count). The molecule has 0 aliphatic carbocycles. The van der Waals surface area contributed by atoms with Gasteiger partial charge in [-0.2, -0.15) is 0 Å². The zero-order chi connectivity index (χ0) is 24.9. The van der Waals surface area contributed by atoms with Gasteiger partial charge in [-0.1, -0.05) is 6.07 Å². The Bertz CT molecular complexity index is 1270. The molecule has 0 spiro atoms. The minimum absolute atomic E-state index is 0.202. The Morgan fingerprint density at radius 1 is 0.857 bits per heavy atom. The normalized spacial score (nSPS) is 12.4. The highest BCUT2D eigenvalue weighted by molar-refractivity contribution is 6.34. The number of amides is 3. The van der Waals surface area contributed by atoms with Gasteiger partial charge in [0.2, 0.25) is 0 Å². The molecule has 1 aliphatic rings. The second-order valence-corrected chi connectivity index (χ2v) is 7.82. The average molecular weight is 475 g/mol. The highest BCUT2D eigenvalue weighted by Crippen LogP contribution is 2.30. The molecule has 1 heterocycles. The predicted molar refractivity (Wildman–Crippen MR) is 131 cm³/mol. The Balaban J connectivity index is 1.44. The van der Waals surface area contributed by atoms with Gasteiger partial charge < -0.3 is 19.5 Å². The van der Waals surface area contributed by atoms with Crippen molar-refractivity contribution in [1.82, 2.24) is 5.32 Å². The molecule has 0 atom stereocenters. The summed E-state index contributed by atoms with van der Waals surface area (Å²) >= 11 is 0. The lowest BCUT2D eigenvalue weighted by molar-refractivity contribution is 0.0923. The molecule has 3 aromatic carbocycles. The summed E-state index contributed by atoms with van der Waals surface area (Å²) in [4.78, 5) is 39.8. The summed E-state index contributed by atoms with van der Waals surface area (Å²) in [6, 6.07) is 16.8. The third kappa shape index (κ3) is 4.82. The summed E-state index contributed by atoms with van der Waals surface area (Å²) in [7, 11) is 3.16. The standard InChI is InChI=1S/C27H26N2O6/c1-4-35-20-10-7-19(8-11-20)29-26(31)22-12-6-18(15-23(22)27(29)32)25(30)28-14-13-17-5-9-21(33-2)16-24(17)34-3/h5-12,15-16H,4,13-14H2,1-3H3,(H,28,30). The number of imide groups is 1. The van der Waals surface area contributed by atoms with Gasteiger partial charge in [0.15, 0.2) is 0 Å². The highest BCUT2D eigenvalue weighted by atomic mass is 16.5. The number of nitrogens with zero attached hydrogens (tertiary/aromatic N) is 1. The number of methoxy groups -OCH3 is 2. The van der Waals surface area contributed by atoms with E-state index < -0.39 is 11.8 Å². The number of fused-ring (bicyclic) bond motifs is 1. The summed E-state index contributed by atoms with van der Waals surface area (Å²) in [5.41, 5.74) is 2.14. The lowest BCUT2D eigenvalue weighted by Gasteiger charge is -2.14. The summed E-state index contributed by atoms with van der Waals surface area (Å²) < 4.78 is 16.0. The molecule has 1 N–H and O–H groups in total. The van der Waals surface area contributed by atoms with Crippen molar-refractivity contribution in [3.8, 4) is 17.2 Å². The summed E-state index contributed by atoms with van der Waals surface area (Å²) in [5.74, 6) is 0.791. The SMILES string of the molecule is CCOc1ccc(N2C(=O)c3ccc(C(=O)NCCc4ccc(OC)cc4OC)cc3C2=O)cc1. The molecule has 0 saturated heterocycles. The van der Waals surface area contributed by atoms with Gasteiger partial charge >= 0.3 is 0 Å². The quantitative estimate of drug-likeness (QED) is 0.473. The van der Waals surface area contributed by atoms with Crippen LogP contribution in [0.15, 0.2) is 60.7 Å². The number of hydrogen-bond donors (Lipinski definition) is 1. The Hall–Kier alpha value is -4.33. The summed E-state index contributed by atoms with van der Waals surface area (Å²) in [6.07, 6.45) is 0.548. The van der Waals surface area contributed by atoms with E-state index in [-0.39, 0.29) is 17.0 Å². The maximum atomic E-state index is 13.0. The van der Waals surface area contributed by atoms with Crippen LogP contribution in [0.1, 0.15) is 43.6 Å². The number of nitrogens with one attached hydrogen (secondary N) is 1. The van der Waals surface area contributed by atoms with Crippen molar-refractivity contribution >= 4 is 23.4 Å². The highest BCUT2D eigenvalue weighted by Gasteiger charge is 2.37. The zero-order valence-corrected chi connectivity index (χ0v) is 19.8. The first-order chi connectivity index (χ1) is 17.0. The molecule has 0 fully saturated rings. The van der Waals surface area contributed by atoms with Crippen LogP contribution in [0.5, 0.6) is 17.2 Å². The second kappa shape index (κ2) is 10.3. The van der Waals surface area contributed by atoms with Gasteiger partial charge in [0, 0.05) is 18.2 Å². The molecule has 8 heteroatoms. The Labute approximate surface area is 203 Å². The van der Waals surface area contributed by atoms with Gasteiger partial charge in [-0.25, -0.2) is 4.90 Å². The first kappa shape index (κ1) is 23.8. The molecule has 35 heavy (non-hydrogen) atoms. The van der Waals surface area contributed by atoms with Crippen LogP contribution in [-0.2, 0) is 6.42 Å². The minimum atomic E-state index is -0.466. The van der Waals surface area contributed by atoms with Crippen molar-refractivity contribution in [3.63, 3.8) is 0 Å². The van der Waals surface area contributed by atoms with Crippen LogP contribution in [-0.4, -0.2) is 45.1 Å². The fraction of sp³-hybridized carbons (Fsp3) is 0.222. The Kier molecular flexibility index (Phi) is 7.01. The van der Waals surface area contributed by atoms with Crippen molar-refractivity contribution in [2.24, 2.45) is 0 Å². The number of carbonyl (C=O) groups is 3. The van der Waals surface area contributed by atoms with Gasteiger partial charge in [0.05, 0.1) is 37.6 Å². The molecule has 1 aliphatic heterocycles. The van der Waals surface area contributed by atoms with E-state index in [4.69, 9.17) is 14.2 Å². The zero-order valence-electron chi connectivity index (χ0n) is 19.8. The van der Waals surface area contributed by atoms with E-state index in [2.05, 4.69) is 5.32 Å². The number of anilines is 1. The third-order valence-electron chi connectivity index (χ3n) is 5.73. The smallest absolute Gasteiger partial charge is 0.266 e. The van der Waals surface area contributed by atoms with Crippen molar-refractivity contribution in [2.45, 2.75) is 13.3 Å². The largest absolute Gasteiger partial charge is 0.497 e. The van der Waals surface area contributed by atoms with Crippen LogP contribution in [0.2, 0.25) is 0 Å². The number of rotatable bonds is 9. The van der Waals surface area contributed by atoms with Crippen molar-refractivity contribution < 1.29 is 28.6 Å². The maximum absolute atomic E-state index is 13.0. The molecule has 8 nitrogen and oxygen atoms in total. The van der Waals surface area contributed by atoms with E-state index in [1.807, 2.05) is 19.1 Å². The van der Waals surface area contributed by atoms with Gasteiger partial charge in [-0.3, -0.25) is 14.4 Å². The van der Waals surface area contributed by atoms with Gasteiger partial charge in [-0.05, 0) is 67.4 Å². The van der Waals surface area contributed by atoms with E-state index in [0.29, 0.717) is 48.1 Å². The molecule has 0 aromatic heterocycles. The first-order valence-electron chi connectivity index (χ1n) is 11.2. The molecule has 0 bridgehead atoms. The molecule has 3 amide bonds.